The summed E-state index contributed by atoms with van der Waals surface area (Å²) in [6, 6.07) is 5.68. The lowest BCUT2D eigenvalue weighted by molar-refractivity contribution is 0.244. The van der Waals surface area contributed by atoms with E-state index < -0.39 is 0 Å². The van der Waals surface area contributed by atoms with Crippen LogP contribution in [0.25, 0.3) is 0 Å². The van der Waals surface area contributed by atoms with E-state index in [2.05, 4.69) is 5.32 Å². The lowest BCUT2D eigenvalue weighted by Crippen LogP contribution is -2.08. The fourth-order valence-electron chi connectivity index (χ4n) is 1.47. The van der Waals surface area contributed by atoms with E-state index in [1.54, 1.807) is 0 Å². The minimum absolute atomic E-state index is 0.113. The maximum absolute atomic E-state index is 8.68. The molecule has 0 aliphatic heterocycles. The van der Waals surface area contributed by atoms with Crippen molar-refractivity contribution in [3.8, 4) is 5.75 Å². The number of anilines is 2. The summed E-state index contributed by atoms with van der Waals surface area (Å²) in [6.45, 7) is 5.03. The molecule has 0 aliphatic carbocycles. The Morgan fingerprint density at radius 3 is 2.76 bits per heavy atom. The summed E-state index contributed by atoms with van der Waals surface area (Å²) in [5.41, 5.74) is 7.47. The lowest BCUT2D eigenvalue weighted by Gasteiger charge is -2.14. The highest BCUT2D eigenvalue weighted by Gasteiger charge is 2.04. The number of hydrogen-bond acceptors (Lipinski definition) is 4. The zero-order valence-corrected chi connectivity index (χ0v) is 10.6. The summed E-state index contributed by atoms with van der Waals surface area (Å²) < 4.78 is 5.61. The highest BCUT2D eigenvalue weighted by atomic mass is 16.5. The monoisotopic (exact) mass is 238 g/mol. The van der Waals surface area contributed by atoms with Crippen molar-refractivity contribution in [2.75, 3.05) is 24.2 Å². The molecule has 4 heteroatoms. The molecule has 0 aromatic heterocycles. The second-order valence-electron chi connectivity index (χ2n) is 4.28. The van der Waals surface area contributed by atoms with Gasteiger partial charge in [-0.05, 0) is 38.8 Å². The third-order valence-electron chi connectivity index (χ3n) is 2.29. The van der Waals surface area contributed by atoms with Crippen LogP contribution >= 0.6 is 0 Å². The van der Waals surface area contributed by atoms with Gasteiger partial charge in [0.25, 0.3) is 0 Å². The molecule has 0 unspecified atom stereocenters. The summed E-state index contributed by atoms with van der Waals surface area (Å²) in [7, 11) is 0. The smallest absolute Gasteiger partial charge is 0.144 e. The van der Waals surface area contributed by atoms with Crippen LogP contribution in [0, 0.1) is 0 Å². The summed E-state index contributed by atoms with van der Waals surface area (Å²) in [5.74, 6) is 0.715. The molecule has 96 valence electrons. The van der Waals surface area contributed by atoms with Crippen LogP contribution in [0.15, 0.2) is 18.2 Å². The third-order valence-corrected chi connectivity index (χ3v) is 2.29. The van der Waals surface area contributed by atoms with Gasteiger partial charge in [-0.15, -0.1) is 0 Å². The number of benzene rings is 1. The molecule has 1 aromatic carbocycles. The molecule has 0 radical (unpaired) electrons. The van der Waals surface area contributed by atoms with Gasteiger partial charge in [0, 0.05) is 24.9 Å². The first-order valence-corrected chi connectivity index (χ1v) is 6.04. The van der Waals surface area contributed by atoms with Crippen molar-refractivity contribution in [2.45, 2.75) is 32.8 Å². The first-order chi connectivity index (χ1) is 8.13. The maximum atomic E-state index is 8.68. The minimum atomic E-state index is 0.113. The Morgan fingerprint density at radius 1 is 1.35 bits per heavy atom. The van der Waals surface area contributed by atoms with Gasteiger partial charge >= 0.3 is 0 Å². The van der Waals surface area contributed by atoms with Crippen LogP contribution in [-0.2, 0) is 0 Å². The van der Waals surface area contributed by atoms with Gasteiger partial charge < -0.3 is 20.9 Å². The third kappa shape index (κ3) is 4.95. The van der Waals surface area contributed by atoms with Gasteiger partial charge in [0.15, 0.2) is 0 Å². The van der Waals surface area contributed by atoms with Crippen molar-refractivity contribution in [1.29, 1.82) is 0 Å². The summed E-state index contributed by atoms with van der Waals surface area (Å²) in [5, 5.41) is 12.0. The standard InChI is InChI=1S/C13H22N2O2/c1-10(2)17-13-9-11(5-6-12(13)14)15-7-3-4-8-16/h5-6,9-10,15-16H,3-4,7-8,14H2,1-2H3. The Balaban J connectivity index is 2.55. The fraction of sp³-hybridized carbons (Fsp3) is 0.538. The molecule has 0 saturated carbocycles. The van der Waals surface area contributed by atoms with Crippen LogP contribution in [-0.4, -0.2) is 24.4 Å². The Labute approximate surface area is 103 Å². The van der Waals surface area contributed by atoms with Crippen molar-refractivity contribution in [1.82, 2.24) is 0 Å². The summed E-state index contributed by atoms with van der Waals surface area (Å²) in [6.07, 6.45) is 1.88. The van der Waals surface area contributed by atoms with Crippen LogP contribution in [0.1, 0.15) is 26.7 Å². The van der Waals surface area contributed by atoms with Crippen LogP contribution in [0.3, 0.4) is 0 Å². The molecule has 0 bridgehead atoms. The van der Waals surface area contributed by atoms with E-state index in [1.807, 2.05) is 32.0 Å². The van der Waals surface area contributed by atoms with E-state index in [9.17, 15) is 0 Å². The van der Waals surface area contributed by atoms with Gasteiger partial charge in [-0.3, -0.25) is 0 Å². The highest BCUT2D eigenvalue weighted by molar-refractivity contribution is 5.61. The van der Waals surface area contributed by atoms with Gasteiger partial charge in [0.1, 0.15) is 5.75 Å². The Kier molecular flexibility index (Phi) is 5.63. The number of unbranched alkanes of at least 4 members (excludes halogenated alkanes) is 1. The molecule has 1 rings (SSSR count). The molecule has 0 amide bonds. The molecule has 4 nitrogen and oxygen atoms in total. The Bertz CT molecular complexity index is 340. The number of nitrogens with two attached hydrogens (primary N) is 1. The second kappa shape index (κ2) is 7.01. The lowest BCUT2D eigenvalue weighted by atomic mass is 10.2. The summed E-state index contributed by atoms with van der Waals surface area (Å²) >= 11 is 0. The molecule has 1 aromatic rings. The fourth-order valence-corrected chi connectivity index (χ4v) is 1.47. The van der Waals surface area contributed by atoms with Crippen molar-refractivity contribution >= 4 is 11.4 Å². The van der Waals surface area contributed by atoms with E-state index in [0.717, 1.165) is 25.1 Å². The van der Waals surface area contributed by atoms with Gasteiger partial charge in [-0.25, -0.2) is 0 Å². The number of hydrogen-bond donors (Lipinski definition) is 3. The van der Waals surface area contributed by atoms with Crippen LogP contribution in [0.2, 0.25) is 0 Å². The highest BCUT2D eigenvalue weighted by Crippen LogP contribution is 2.26. The molecule has 0 saturated heterocycles. The Morgan fingerprint density at radius 2 is 2.12 bits per heavy atom. The van der Waals surface area contributed by atoms with Gasteiger partial charge in [0.05, 0.1) is 11.8 Å². The number of ether oxygens (including phenoxy) is 1. The topological polar surface area (TPSA) is 67.5 Å². The van der Waals surface area contributed by atoms with Gasteiger partial charge in [0.2, 0.25) is 0 Å². The van der Waals surface area contributed by atoms with Crippen LogP contribution in [0.5, 0.6) is 5.75 Å². The van der Waals surface area contributed by atoms with Crippen molar-refractivity contribution in [2.24, 2.45) is 0 Å². The zero-order valence-electron chi connectivity index (χ0n) is 10.6. The van der Waals surface area contributed by atoms with Crippen LogP contribution in [0.4, 0.5) is 11.4 Å². The number of rotatable bonds is 7. The predicted molar refractivity (Wildman–Crippen MR) is 71.4 cm³/mol. The van der Waals surface area contributed by atoms with Gasteiger partial charge in [-0.2, -0.15) is 0 Å². The van der Waals surface area contributed by atoms with E-state index in [4.69, 9.17) is 15.6 Å². The minimum Gasteiger partial charge on any atom is -0.489 e. The second-order valence-corrected chi connectivity index (χ2v) is 4.28. The SMILES string of the molecule is CC(C)Oc1cc(NCCCCO)ccc1N. The maximum Gasteiger partial charge on any atom is 0.144 e. The molecule has 0 fully saturated rings. The molecule has 0 aliphatic rings. The molecule has 4 N–H and O–H groups in total. The summed E-state index contributed by atoms with van der Waals surface area (Å²) in [4.78, 5) is 0. The van der Waals surface area contributed by atoms with Crippen molar-refractivity contribution in [3.63, 3.8) is 0 Å². The predicted octanol–water partition coefficient (Wildman–Crippen LogP) is 2.24. The number of aliphatic hydroxyl groups is 1. The molecule has 0 heterocycles. The largest absolute Gasteiger partial charge is 0.489 e. The average Bonchev–Trinajstić information content (AvgIpc) is 2.28. The van der Waals surface area contributed by atoms with E-state index in [-0.39, 0.29) is 12.7 Å². The quantitative estimate of drug-likeness (QED) is 0.503. The molecular formula is C13H22N2O2. The molecule has 0 atom stereocenters. The van der Waals surface area contributed by atoms with E-state index in [0.29, 0.717) is 11.4 Å². The molecule has 0 spiro atoms. The van der Waals surface area contributed by atoms with E-state index in [1.165, 1.54) is 0 Å². The van der Waals surface area contributed by atoms with Crippen LogP contribution < -0.4 is 15.8 Å². The average molecular weight is 238 g/mol. The first kappa shape index (κ1) is 13.6. The number of nitrogens with one attached hydrogen (secondary N) is 1. The zero-order chi connectivity index (χ0) is 12.7. The van der Waals surface area contributed by atoms with Crippen molar-refractivity contribution < 1.29 is 9.84 Å². The van der Waals surface area contributed by atoms with E-state index >= 15 is 0 Å². The number of nitrogen functional groups attached to an aromatic ring is 1. The normalized spacial score (nSPS) is 10.6. The van der Waals surface area contributed by atoms with Gasteiger partial charge in [-0.1, -0.05) is 0 Å². The van der Waals surface area contributed by atoms with Crippen molar-refractivity contribution in [3.05, 3.63) is 18.2 Å². The molecule has 17 heavy (non-hydrogen) atoms. The Hall–Kier alpha value is -1.42. The molecular weight excluding hydrogens is 216 g/mol. The first-order valence-electron chi connectivity index (χ1n) is 6.04. The number of aliphatic hydroxyl groups excluding tert-OH is 1.